The maximum Gasteiger partial charge on any atom is 0.287 e. The second-order valence-electron chi connectivity index (χ2n) is 3.49. The average molecular weight is 391 g/mol. The number of benzene rings is 1. The van der Waals surface area contributed by atoms with Crippen LogP contribution in [0.4, 0.5) is 0 Å². The molecule has 19 heavy (non-hydrogen) atoms. The van der Waals surface area contributed by atoms with E-state index in [-0.39, 0.29) is 12.3 Å². The number of hydrogen-bond acceptors (Lipinski definition) is 5. The summed E-state index contributed by atoms with van der Waals surface area (Å²) in [4.78, 5) is 11.2. The third-order valence-corrected chi connectivity index (χ3v) is 3.45. The van der Waals surface area contributed by atoms with Crippen molar-refractivity contribution in [2.24, 2.45) is 5.84 Å². The Balaban J connectivity index is 2.07. The number of aromatic nitrogens is 1. The molecule has 0 bridgehead atoms. The lowest BCUT2D eigenvalue weighted by atomic mass is 10.3. The fourth-order valence-electron chi connectivity index (χ4n) is 1.33. The third kappa shape index (κ3) is 3.34. The van der Waals surface area contributed by atoms with Crippen molar-refractivity contribution in [2.45, 2.75) is 6.61 Å². The predicted molar refractivity (Wildman–Crippen MR) is 74.3 cm³/mol. The minimum absolute atomic E-state index is 0.104. The van der Waals surface area contributed by atoms with Gasteiger partial charge < -0.3 is 9.26 Å². The maximum absolute atomic E-state index is 11.2. The Morgan fingerprint density at radius 3 is 2.74 bits per heavy atom. The summed E-state index contributed by atoms with van der Waals surface area (Å²) >= 11 is 6.76. The summed E-state index contributed by atoms with van der Waals surface area (Å²) in [5.41, 5.74) is 2.07. The number of amides is 1. The number of nitrogens with zero attached hydrogens (tertiary/aromatic N) is 1. The Kier molecular flexibility index (Phi) is 4.56. The van der Waals surface area contributed by atoms with Crippen molar-refractivity contribution in [3.63, 3.8) is 0 Å². The normalized spacial score (nSPS) is 10.3. The highest BCUT2D eigenvalue weighted by atomic mass is 79.9. The van der Waals surface area contributed by atoms with Gasteiger partial charge in [-0.05, 0) is 44.0 Å². The molecule has 1 heterocycles. The molecule has 0 radical (unpaired) electrons. The van der Waals surface area contributed by atoms with Gasteiger partial charge in [-0.2, -0.15) is 0 Å². The molecule has 8 heteroatoms. The third-order valence-electron chi connectivity index (χ3n) is 2.20. The molecule has 1 aromatic carbocycles. The first-order valence-corrected chi connectivity index (χ1v) is 6.73. The quantitative estimate of drug-likeness (QED) is 0.475. The lowest BCUT2D eigenvalue weighted by Crippen LogP contribution is -2.30. The van der Waals surface area contributed by atoms with Crippen LogP contribution in [0.15, 0.2) is 37.7 Å². The fraction of sp³-hybridized carbons (Fsp3) is 0.0909. The van der Waals surface area contributed by atoms with E-state index >= 15 is 0 Å². The monoisotopic (exact) mass is 389 g/mol. The molecule has 1 aromatic heterocycles. The second-order valence-corrected chi connectivity index (χ2v) is 5.20. The molecule has 0 aliphatic heterocycles. The van der Waals surface area contributed by atoms with Crippen LogP contribution in [0.2, 0.25) is 0 Å². The number of carbonyl (C=O) groups excluding carboxylic acids is 1. The van der Waals surface area contributed by atoms with Crippen LogP contribution in [0.25, 0.3) is 0 Å². The van der Waals surface area contributed by atoms with Crippen LogP contribution in [0.5, 0.6) is 5.75 Å². The highest BCUT2D eigenvalue weighted by Gasteiger charge is 2.12. The molecule has 100 valence electrons. The van der Waals surface area contributed by atoms with Gasteiger partial charge in [0.1, 0.15) is 12.4 Å². The molecule has 0 unspecified atom stereocenters. The van der Waals surface area contributed by atoms with E-state index in [0.29, 0.717) is 11.5 Å². The SMILES string of the molecule is NNC(=O)c1cc(COc2c(Br)cccc2Br)on1. The predicted octanol–water partition coefficient (Wildman–Crippen LogP) is 2.38. The zero-order valence-corrected chi connectivity index (χ0v) is 12.7. The van der Waals surface area contributed by atoms with Crippen LogP contribution < -0.4 is 16.0 Å². The summed E-state index contributed by atoms with van der Waals surface area (Å²) in [6.07, 6.45) is 0. The Bertz CT molecular complexity index is 580. The molecule has 6 nitrogen and oxygen atoms in total. The van der Waals surface area contributed by atoms with E-state index in [1.54, 1.807) is 0 Å². The minimum Gasteiger partial charge on any atom is -0.483 e. The molecule has 3 N–H and O–H groups in total. The molecular formula is C11H9Br2N3O3. The van der Waals surface area contributed by atoms with Crippen molar-refractivity contribution in [3.8, 4) is 5.75 Å². The van der Waals surface area contributed by atoms with Crippen molar-refractivity contribution in [1.82, 2.24) is 10.6 Å². The topological polar surface area (TPSA) is 90.4 Å². The zero-order chi connectivity index (χ0) is 13.8. The molecule has 0 atom stereocenters. The van der Waals surface area contributed by atoms with Crippen LogP contribution in [0, 0.1) is 0 Å². The Labute approximate surface area is 125 Å². The van der Waals surface area contributed by atoms with E-state index in [4.69, 9.17) is 15.1 Å². The fourth-order valence-corrected chi connectivity index (χ4v) is 2.55. The molecule has 0 spiro atoms. The Hall–Kier alpha value is -1.38. The summed E-state index contributed by atoms with van der Waals surface area (Å²) < 4.78 is 12.2. The van der Waals surface area contributed by atoms with Crippen LogP contribution >= 0.6 is 31.9 Å². The molecule has 0 aliphatic rings. The van der Waals surface area contributed by atoms with Crippen molar-refractivity contribution >= 4 is 37.8 Å². The van der Waals surface area contributed by atoms with E-state index in [1.165, 1.54) is 6.07 Å². The van der Waals surface area contributed by atoms with E-state index in [9.17, 15) is 4.79 Å². The lowest BCUT2D eigenvalue weighted by molar-refractivity contribution is 0.0944. The van der Waals surface area contributed by atoms with Crippen molar-refractivity contribution in [2.75, 3.05) is 0 Å². The number of nitrogens with one attached hydrogen (secondary N) is 1. The Morgan fingerprint density at radius 1 is 1.42 bits per heavy atom. The van der Waals surface area contributed by atoms with Gasteiger partial charge in [0.25, 0.3) is 5.91 Å². The van der Waals surface area contributed by atoms with Gasteiger partial charge >= 0.3 is 0 Å². The first-order chi connectivity index (χ1) is 9.11. The van der Waals surface area contributed by atoms with Gasteiger partial charge in [0.05, 0.1) is 8.95 Å². The van der Waals surface area contributed by atoms with Crippen molar-refractivity contribution < 1.29 is 14.1 Å². The van der Waals surface area contributed by atoms with Gasteiger partial charge in [-0.1, -0.05) is 11.2 Å². The van der Waals surface area contributed by atoms with Gasteiger partial charge in [0, 0.05) is 6.07 Å². The summed E-state index contributed by atoms with van der Waals surface area (Å²) in [6.45, 7) is 0.145. The van der Waals surface area contributed by atoms with Gasteiger partial charge in [-0.25, -0.2) is 5.84 Å². The van der Waals surface area contributed by atoms with Crippen LogP contribution in [0.1, 0.15) is 16.2 Å². The highest BCUT2D eigenvalue weighted by Crippen LogP contribution is 2.33. The van der Waals surface area contributed by atoms with Crippen LogP contribution in [-0.2, 0) is 6.61 Å². The molecule has 2 aromatic rings. The summed E-state index contributed by atoms with van der Waals surface area (Å²) in [7, 11) is 0. The molecule has 2 rings (SSSR count). The number of nitrogen functional groups attached to an aromatic ring is 1. The number of carbonyl (C=O) groups is 1. The van der Waals surface area contributed by atoms with Gasteiger partial charge in [-0.15, -0.1) is 0 Å². The first-order valence-electron chi connectivity index (χ1n) is 5.15. The van der Waals surface area contributed by atoms with E-state index in [1.807, 2.05) is 23.6 Å². The molecule has 1 amide bonds. The largest absolute Gasteiger partial charge is 0.483 e. The highest BCUT2D eigenvalue weighted by molar-refractivity contribution is 9.11. The van der Waals surface area contributed by atoms with E-state index in [2.05, 4.69) is 37.0 Å². The standard InChI is InChI=1S/C11H9Br2N3O3/c12-7-2-1-3-8(13)10(7)18-5-6-4-9(16-19-6)11(17)15-14/h1-4H,5,14H2,(H,15,17). The van der Waals surface area contributed by atoms with E-state index < -0.39 is 5.91 Å². The number of halogens is 2. The van der Waals surface area contributed by atoms with Gasteiger partial charge in [0.15, 0.2) is 11.5 Å². The number of para-hydroxylation sites is 1. The average Bonchev–Trinajstić information content (AvgIpc) is 2.86. The van der Waals surface area contributed by atoms with Crippen molar-refractivity contribution in [1.29, 1.82) is 0 Å². The molecule has 0 fully saturated rings. The maximum atomic E-state index is 11.2. The number of hydrogen-bond donors (Lipinski definition) is 2. The molecular weight excluding hydrogens is 382 g/mol. The van der Waals surface area contributed by atoms with E-state index in [0.717, 1.165) is 8.95 Å². The zero-order valence-electron chi connectivity index (χ0n) is 9.52. The smallest absolute Gasteiger partial charge is 0.287 e. The van der Waals surface area contributed by atoms with Crippen LogP contribution in [0.3, 0.4) is 0 Å². The van der Waals surface area contributed by atoms with Gasteiger partial charge in [-0.3, -0.25) is 10.2 Å². The summed E-state index contributed by atoms with van der Waals surface area (Å²) in [5.74, 6) is 5.54. The summed E-state index contributed by atoms with van der Waals surface area (Å²) in [5, 5.41) is 3.57. The lowest BCUT2D eigenvalue weighted by Gasteiger charge is -2.07. The Morgan fingerprint density at radius 2 is 2.11 bits per heavy atom. The number of rotatable bonds is 4. The molecule has 0 saturated carbocycles. The molecule has 0 saturated heterocycles. The first kappa shape index (κ1) is 14.0. The summed E-state index contributed by atoms with van der Waals surface area (Å²) in [6, 6.07) is 7.05. The minimum atomic E-state index is -0.517. The van der Waals surface area contributed by atoms with Gasteiger partial charge in [0.2, 0.25) is 0 Å². The molecule has 0 aliphatic carbocycles. The van der Waals surface area contributed by atoms with Crippen LogP contribution in [-0.4, -0.2) is 11.1 Å². The number of ether oxygens (including phenoxy) is 1. The van der Waals surface area contributed by atoms with Crippen molar-refractivity contribution in [3.05, 3.63) is 44.7 Å². The number of hydrazine groups is 1. The second kappa shape index (κ2) is 6.18. The number of nitrogens with two attached hydrogens (primary N) is 1.